The van der Waals surface area contributed by atoms with E-state index in [0.717, 1.165) is 0 Å². The molecule has 0 heterocycles. The first-order valence-corrected chi connectivity index (χ1v) is 11.9. The first kappa shape index (κ1) is 28.8. The van der Waals surface area contributed by atoms with Crippen molar-refractivity contribution in [2.45, 2.75) is 47.0 Å². The number of carbonyl (C=O) groups is 4. The molecule has 39 heavy (non-hydrogen) atoms. The Morgan fingerprint density at radius 3 is 1.10 bits per heavy atom. The van der Waals surface area contributed by atoms with E-state index in [1.807, 2.05) is 13.8 Å². The average molecular weight is 531 g/mol. The highest BCUT2D eigenvalue weighted by Crippen LogP contribution is 2.59. The monoisotopic (exact) mass is 530 g/mol. The Balaban J connectivity index is 2.34. The lowest BCUT2D eigenvalue weighted by atomic mass is 9.81. The lowest BCUT2D eigenvalue weighted by molar-refractivity contribution is -0.132. The highest BCUT2D eigenvalue weighted by molar-refractivity contribution is 5.96. The van der Waals surface area contributed by atoms with Crippen LogP contribution in [0.25, 0.3) is 11.1 Å². The zero-order chi connectivity index (χ0) is 29.4. The van der Waals surface area contributed by atoms with Gasteiger partial charge in [0.2, 0.25) is 0 Å². The van der Waals surface area contributed by atoms with Crippen molar-refractivity contribution in [2.24, 2.45) is 0 Å². The third-order valence-electron chi connectivity index (χ3n) is 5.97. The van der Waals surface area contributed by atoms with Crippen molar-refractivity contribution in [1.29, 1.82) is 0 Å². The average Bonchev–Trinajstić information content (AvgIpc) is 3.08. The molecule has 0 fully saturated rings. The molecule has 0 amide bonds. The first-order valence-electron chi connectivity index (χ1n) is 11.9. The number of hydrogen-bond acceptors (Lipinski definition) is 8. The van der Waals surface area contributed by atoms with Crippen LogP contribution in [0.4, 0.5) is 0 Å². The maximum Gasteiger partial charge on any atom is 0.338 e. The van der Waals surface area contributed by atoms with Gasteiger partial charge in [-0.25, -0.2) is 19.2 Å². The third-order valence-corrected chi connectivity index (χ3v) is 5.97. The minimum absolute atomic E-state index is 0.00559. The van der Waals surface area contributed by atoms with Crippen LogP contribution in [0.5, 0.6) is 23.0 Å². The zero-order valence-electron chi connectivity index (χ0n) is 22.9. The van der Waals surface area contributed by atoms with Crippen molar-refractivity contribution in [1.82, 2.24) is 0 Å². The smallest absolute Gasteiger partial charge is 0.338 e. The van der Waals surface area contributed by atoms with Gasteiger partial charge < -0.3 is 18.9 Å². The van der Waals surface area contributed by atoms with E-state index in [4.69, 9.17) is 18.9 Å². The fourth-order valence-corrected chi connectivity index (χ4v) is 4.04. The van der Waals surface area contributed by atoms with Crippen LogP contribution in [0.15, 0.2) is 72.9 Å². The van der Waals surface area contributed by atoms with Crippen molar-refractivity contribution >= 4 is 23.9 Å². The molecule has 0 unspecified atom stereocenters. The lowest BCUT2D eigenvalue weighted by Gasteiger charge is -2.27. The second-order valence-corrected chi connectivity index (χ2v) is 9.94. The number of rotatable bonds is 8. The quantitative estimate of drug-likeness (QED) is 0.235. The number of fused-ring (bicyclic) bond motifs is 3. The Hall–Kier alpha value is -4.72. The Morgan fingerprint density at radius 2 is 0.821 bits per heavy atom. The number of carbonyl (C=O) groups excluding carboxylic acids is 4. The largest absolute Gasteiger partial charge is 0.419 e. The Morgan fingerprint density at radius 1 is 0.538 bits per heavy atom. The predicted octanol–water partition coefficient (Wildman–Crippen LogP) is 5.92. The normalized spacial score (nSPS) is 12.4. The summed E-state index contributed by atoms with van der Waals surface area (Å²) in [7, 11) is 0. The van der Waals surface area contributed by atoms with E-state index in [0.29, 0.717) is 22.3 Å². The summed E-state index contributed by atoms with van der Waals surface area (Å²) in [4.78, 5) is 50.1. The molecule has 202 valence electrons. The van der Waals surface area contributed by atoms with Gasteiger partial charge in [-0.15, -0.1) is 0 Å². The van der Waals surface area contributed by atoms with Crippen molar-refractivity contribution in [3.05, 3.63) is 84.0 Å². The fraction of sp³-hybridized carbons (Fsp3) is 0.226. The second kappa shape index (κ2) is 10.6. The Bertz CT molecular complexity index is 1390. The molecule has 0 bridgehead atoms. The molecule has 0 spiro atoms. The number of esters is 4. The van der Waals surface area contributed by atoms with Crippen LogP contribution in [0.3, 0.4) is 0 Å². The van der Waals surface area contributed by atoms with Gasteiger partial charge in [0.1, 0.15) is 0 Å². The van der Waals surface area contributed by atoms with E-state index < -0.39 is 29.3 Å². The van der Waals surface area contributed by atoms with Crippen LogP contribution in [0.1, 0.15) is 52.7 Å². The van der Waals surface area contributed by atoms with Crippen LogP contribution in [0, 0.1) is 0 Å². The van der Waals surface area contributed by atoms with E-state index in [1.165, 1.54) is 39.8 Å². The Kier molecular flexibility index (Phi) is 7.82. The van der Waals surface area contributed by atoms with E-state index in [-0.39, 0.29) is 45.3 Å². The van der Waals surface area contributed by atoms with Gasteiger partial charge in [0, 0.05) is 38.8 Å². The van der Waals surface area contributed by atoms with E-state index in [2.05, 4.69) is 26.3 Å². The molecule has 3 rings (SSSR count). The van der Waals surface area contributed by atoms with Gasteiger partial charge in [-0.05, 0) is 51.0 Å². The van der Waals surface area contributed by atoms with Gasteiger partial charge in [0.25, 0.3) is 0 Å². The standard InChI is InChI=1S/C31H30O8/c1-15(2)27(32)36-21-13-11-19-20-12-14-22(37-28(33)16(3)4)26(39-30(35)18(7)8)24(20)31(9,10)23(19)25(21)38-29(34)17(5)6/h11-14H,1,3,5,7H2,2,4,6,8-10H3. The molecule has 0 N–H and O–H groups in total. The van der Waals surface area contributed by atoms with Gasteiger partial charge in [0.05, 0.1) is 0 Å². The summed E-state index contributed by atoms with van der Waals surface area (Å²) >= 11 is 0. The molecule has 0 saturated heterocycles. The van der Waals surface area contributed by atoms with Crippen molar-refractivity contribution in [3.63, 3.8) is 0 Å². The molecule has 8 nitrogen and oxygen atoms in total. The van der Waals surface area contributed by atoms with Crippen LogP contribution < -0.4 is 18.9 Å². The summed E-state index contributed by atoms with van der Waals surface area (Å²) in [5.74, 6) is -2.90. The molecule has 0 aromatic heterocycles. The molecule has 8 heteroatoms. The maximum atomic E-state index is 12.7. The molecule has 0 saturated carbocycles. The molecule has 0 atom stereocenters. The fourth-order valence-electron chi connectivity index (χ4n) is 4.04. The minimum atomic E-state index is -1.02. The third kappa shape index (κ3) is 5.45. The predicted molar refractivity (Wildman–Crippen MR) is 146 cm³/mol. The zero-order valence-corrected chi connectivity index (χ0v) is 22.9. The summed E-state index contributed by atoms with van der Waals surface area (Å²) in [6.45, 7) is 24.1. The van der Waals surface area contributed by atoms with Crippen LogP contribution in [-0.2, 0) is 24.6 Å². The minimum Gasteiger partial charge on any atom is -0.419 e. The van der Waals surface area contributed by atoms with Gasteiger partial charge in [-0.2, -0.15) is 0 Å². The molecule has 2 aromatic carbocycles. The van der Waals surface area contributed by atoms with E-state index in [9.17, 15) is 19.2 Å². The van der Waals surface area contributed by atoms with Crippen molar-refractivity contribution in [2.75, 3.05) is 0 Å². The molecular formula is C31H30O8. The summed E-state index contributed by atoms with van der Waals surface area (Å²) in [6, 6.07) is 6.40. The van der Waals surface area contributed by atoms with Crippen LogP contribution in [-0.4, -0.2) is 23.9 Å². The van der Waals surface area contributed by atoms with Crippen LogP contribution >= 0.6 is 0 Å². The first-order chi connectivity index (χ1) is 18.1. The van der Waals surface area contributed by atoms with Crippen molar-refractivity contribution < 1.29 is 38.1 Å². The SMILES string of the molecule is C=C(C)C(=O)Oc1ccc2c(c1OC(=O)C(=C)C)C(C)(C)c1c-2ccc(OC(=O)C(=C)C)c1OC(=O)C(=C)C. The summed E-state index contributed by atoms with van der Waals surface area (Å²) < 4.78 is 22.5. The second-order valence-electron chi connectivity index (χ2n) is 9.94. The van der Waals surface area contributed by atoms with E-state index >= 15 is 0 Å². The summed E-state index contributed by atoms with van der Waals surface area (Å²) in [5, 5.41) is 0. The van der Waals surface area contributed by atoms with Gasteiger partial charge in [-0.3, -0.25) is 0 Å². The van der Waals surface area contributed by atoms with Crippen molar-refractivity contribution in [3.8, 4) is 34.1 Å². The maximum absolute atomic E-state index is 12.7. The van der Waals surface area contributed by atoms with Gasteiger partial charge in [-0.1, -0.05) is 52.3 Å². The lowest BCUT2D eigenvalue weighted by Crippen LogP contribution is -2.22. The Labute approximate surface area is 227 Å². The highest BCUT2D eigenvalue weighted by atomic mass is 16.6. The highest BCUT2D eigenvalue weighted by Gasteiger charge is 2.44. The molecule has 1 aliphatic rings. The number of hydrogen-bond donors (Lipinski definition) is 0. The topological polar surface area (TPSA) is 105 Å². The number of benzene rings is 2. The van der Waals surface area contributed by atoms with Gasteiger partial charge in [0.15, 0.2) is 23.0 Å². The summed E-state index contributed by atoms with van der Waals surface area (Å²) in [5.41, 5.74) is 1.75. The van der Waals surface area contributed by atoms with Crippen LogP contribution in [0.2, 0.25) is 0 Å². The molecule has 0 aliphatic heterocycles. The van der Waals surface area contributed by atoms with E-state index in [1.54, 1.807) is 12.1 Å². The molecule has 2 aromatic rings. The molecule has 1 aliphatic carbocycles. The molecule has 0 radical (unpaired) electrons. The van der Waals surface area contributed by atoms with Gasteiger partial charge >= 0.3 is 23.9 Å². The molecular weight excluding hydrogens is 500 g/mol. The number of ether oxygens (including phenoxy) is 4. The summed E-state index contributed by atoms with van der Waals surface area (Å²) in [6.07, 6.45) is 0.